The van der Waals surface area contributed by atoms with Gasteiger partial charge in [0.25, 0.3) is 0 Å². The first kappa shape index (κ1) is 24.7. The smallest absolute Gasteiger partial charge is 0.396 e. The SMILES string of the molecule is [CH2-]CCCC(CC)CO.[CH2-]CCCC(CC)CO.[Mg+2]. The minimum absolute atomic E-state index is 0. The zero-order chi connectivity index (χ0) is 14.2. The van der Waals surface area contributed by atoms with Gasteiger partial charge >= 0.3 is 23.1 Å². The van der Waals surface area contributed by atoms with Gasteiger partial charge in [-0.3, -0.25) is 0 Å². The molecule has 2 atom stereocenters. The van der Waals surface area contributed by atoms with Crippen molar-refractivity contribution in [3.63, 3.8) is 0 Å². The molecule has 0 saturated carbocycles. The van der Waals surface area contributed by atoms with Crippen LogP contribution < -0.4 is 0 Å². The average Bonchev–Trinajstić information content (AvgIpc) is 2.42. The molecule has 0 aliphatic heterocycles. The fraction of sp³-hybridized carbons (Fsp3) is 0.875. The van der Waals surface area contributed by atoms with Gasteiger partial charge in [-0.25, -0.2) is 0 Å². The Morgan fingerprint density at radius 2 is 1.11 bits per heavy atom. The van der Waals surface area contributed by atoms with Gasteiger partial charge in [-0.15, -0.1) is 0 Å². The van der Waals surface area contributed by atoms with Crippen molar-refractivity contribution in [3.8, 4) is 0 Å². The largest absolute Gasteiger partial charge is 2.00 e. The number of aliphatic hydroxyl groups excluding tert-OH is 2. The van der Waals surface area contributed by atoms with Crippen LogP contribution >= 0.6 is 0 Å². The van der Waals surface area contributed by atoms with Crippen molar-refractivity contribution in [2.24, 2.45) is 11.8 Å². The normalized spacial score (nSPS) is 12.9. The van der Waals surface area contributed by atoms with E-state index in [1.165, 1.54) is 0 Å². The van der Waals surface area contributed by atoms with E-state index >= 15 is 0 Å². The van der Waals surface area contributed by atoms with Crippen LogP contribution in [0.3, 0.4) is 0 Å². The second kappa shape index (κ2) is 21.0. The Balaban J connectivity index is -0.000000256. The van der Waals surface area contributed by atoms with E-state index in [-0.39, 0.29) is 23.1 Å². The van der Waals surface area contributed by atoms with Crippen LogP contribution in [-0.4, -0.2) is 46.5 Å². The molecule has 0 aromatic carbocycles. The molecular weight excluding hydrogens is 248 g/mol. The zero-order valence-corrected chi connectivity index (χ0v) is 14.7. The van der Waals surface area contributed by atoms with E-state index in [9.17, 15) is 0 Å². The molecule has 0 rings (SSSR count). The summed E-state index contributed by atoms with van der Waals surface area (Å²) in [4.78, 5) is 0. The molecule has 0 aromatic rings. The van der Waals surface area contributed by atoms with Crippen molar-refractivity contribution in [2.45, 2.75) is 65.2 Å². The maximum atomic E-state index is 8.73. The third-order valence-corrected chi connectivity index (χ3v) is 3.40. The monoisotopic (exact) mass is 282 g/mol. The van der Waals surface area contributed by atoms with Crippen LogP contribution in [0.15, 0.2) is 0 Å². The molecule has 0 fully saturated rings. The van der Waals surface area contributed by atoms with Crippen molar-refractivity contribution in [3.05, 3.63) is 13.8 Å². The van der Waals surface area contributed by atoms with Gasteiger partial charge in [0.1, 0.15) is 0 Å². The molecule has 0 bridgehead atoms. The number of hydrogen-bond acceptors (Lipinski definition) is 2. The van der Waals surface area contributed by atoms with E-state index < -0.39 is 0 Å². The average molecular weight is 283 g/mol. The Morgan fingerprint density at radius 3 is 1.26 bits per heavy atom. The van der Waals surface area contributed by atoms with Crippen LogP contribution in [0.1, 0.15) is 65.2 Å². The maximum absolute atomic E-state index is 8.73. The summed E-state index contributed by atoms with van der Waals surface area (Å²) >= 11 is 0. The van der Waals surface area contributed by atoms with Crippen LogP contribution in [0.2, 0.25) is 0 Å². The van der Waals surface area contributed by atoms with Crippen molar-refractivity contribution in [2.75, 3.05) is 13.2 Å². The van der Waals surface area contributed by atoms with Gasteiger partial charge in [-0.05, 0) is 11.8 Å². The molecule has 0 aliphatic carbocycles. The van der Waals surface area contributed by atoms with Gasteiger partial charge in [0.05, 0.1) is 0 Å². The number of aliphatic hydroxyl groups is 2. The molecule has 0 aromatic heterocycles. The molecule has 3 heteroatoms. The molecule has 0 saturated heterocycles. The van der Waals surface area contributed by atoms with E-state index in [4.69, 9.17) is 10.2 Å². The molecule has 2 N–H and O–H groups in total. The topological polar surface area (TPSA) is 40.5 Å². The number of hydrogen-bond donors (Lipinski definition) is 2. The van der Waals surface area contributed by atoms with Gasteiger partial charge in [0.2, 0.25) is 0 Å². The Hall–Kier alpha value is 0.686. The van der Waals surface area contributed by atoms with E-state index in [1.54, 1.807) is 0 Å². The predicted molar refractivity (Wildman–Crippen MR) is 85.9 cm³/mol. The molecule has 112 valence electrons. The van der Waals surface area contributed by atoms with Gasteiger partial charge in [-0.1, -0.05) is 52.4 Å². The maximum Gasteiger partial charge on any atom is 2.00 e. The first-order chi connectivity index (χ1) is 8.69. The minimum Gasteiger partial charge on any atom is -0.396 e. The first-order valence-electron chi connectivity index (χ1n) is 7.50. The third-order valence-electron chi connectivity index (χ3n) is 3.40. The van der Waals surface area contributed by atoms with Crippen LogP contribution in [0.4, 0.5) is 0 Å². The predicted octanol–water partition coefficient (Wildman–Crippen LogP) is 3.64. The third kappa shape index (κ3) is 18.7. The summed E-state index contributed by atoms with van der Waals surface area (Å²) in [7, 11) is 0. The van der Waals surface area contributed by atoms with Crippen molar-refractivity contribution < 1.29 is 10.2 Å². The summed E-state index contributed by atoms with van der Waals surface area (Å²) in [5, 5.41) is 17.5. The summed E-state index contributed by atoms with van der Waals surface area (Å²) in [5.74, 6) is 1.04. The second-order valence-electron chi connectivity index (χ2n) is 4.91. The van der Waals surface area contributed by atoms with Crippen molar-refractivity contribution in [1.29, 1.82) is 0 Å². The van der Waals surface area contributed by atoms with Gasteiger partial charge in [0, 0.05) is 13.2 Å². The summed E-state index contributed by atoms with van der Waals surface area (Å²) in [6.07, 6.45) is 8.76. The summed E-state index contributed by atoms with van der Waals surface area (Å²) in [5.41, 5.74) is 0. The van der Waals surface area contributed by atoms with E-state index in [0.717, 1.165) is 51.4 Å². The van der Waals surface area contributed by atoms with Crippen LogP contribution in [-0.2, 0) is 0 Å². The van der Waals surface area contributed by atoms with E-state index in [2.05, 4.69) is 27.7 Å². The van der Waals surface area contributed by atoms with Crippen LogP contribution in [0.5, 0.6) is 0 Å². The quantitative estimate of drug-likeness (QED) is 0.474. The molecule has 19 heavy (non-hydrogen) atoms. The van der Waals surface area contributed by atoms with Crippen molar-refractivity contribution in [1.82, 2.24) is 0 Å². The Labute approximate surface area is 137 Å². The molecule has 0 heterocycles. The molecular formula is C16H34MgO2. The Kier molecular flexibility index (Phi) is 27.3. The first-order valence-corrected chi connectivity index (χ1v) is 7.50. The number of rotatable bonds is 10. The van der Waals surface area contributed by atoms with Crippen LogP contribution in [0.25, 0.3) is 0 Å². The Morgan fingerprint density at radius 1 is 0.789 bits per heavy atom. The fourth-order valence-corrected chi connectivity index (χ4v) is 1.72. The zero-order valence-electron chi connectivity index (χ0n) is 13.2. The van der Waals surface area contributed by atoms with E-state index in [1.807, 2.05) is 0 Å². The minimum atomic E-state index is 0. The standard InChI is InChI=1S/2C8H17O.Mg/c2*1-3-5-6-8(4-2)7-9;/h2*8-9H,1,3-7H2,2H3;/q2*-1;+2. The second-order valence-corrected chi connectivity index (χ2v) is 4.91. The van der Waals surface area contributed by atoms with Crippen LogP contribution in [0, 0.1) is 25.7 Å². The summed E-state index contributed by atoms with van der Waals surface area (Å²) in [6.45, 7) is 12.4. The molecule has 0 amide bonds. The summed E-state index contributed by atoms with van der Waals surface area (Å²) in [6, 6.07) is 0. The molecule has 0 aliphatic rings. The molecule has 0 spiro atoms. The van der Waals surface area contributed by atoms with Gasteiger partial charge in [-0.2, -0.15) is 12.8 Å². The molecule has 0 radical (unpaired) electrons. The van der Waals surface area contributed by atoms with Crippen molar-refractivity contribution >= 4 is 23.1 Å². The fourth-order valence-electron chi connectivity index (χ4n) is 1.72. The van der Waals surface area contributed by atoms with Gasteiger partial charge in [0.15, 0.2) is 0 Å². The molecule has 2 unspecified atom stereocenters. The molecule has 2 nitrogen and oxygen atoms in total. The Bertz CT molecular complexity index is 119. The summed E-state index contributed by atoms with van der Waals surface area (Å²) < 4.78 is 0. The van der Waals surface area contributed by atoms with Gasteiger partial charge < -0.3 is 24.1 Å². The number of unbranched alkanes of at least 4 members (excludes halogenated alkanes) is 2. The van der Waals surface area contributed by atoms with E-state index in [0.29, 0.717) is 25.0 Å².